The number of carbonyl (C=O) groups excluding carboxylic acids is 6. The van der Waals surface area contributed by atoms with Gasteiger partial charge in [-0.25, -0.2) is 0 Å². The molecule has 16 heteroatoms. The topological polar surface area (TPSA) is 241 Å². The van der Waals surface area contributed by atoms with Crippen LogP contribution in [0.1, 0.15) is 32.1 Å². The van der Waals surface area contributed by atoms with Crippen LogP contribution in [0.2, 0.25) is 0 Å². The van der Waals surface area contributed by atoms with Gasteiger partial charge in [0, 0.05) is 32.6 Å². The van der Waals surface area contributed by atoms with Gasteiger partial charge >= 0.3 is 0 Å². The lowest BCUT2D eigenvalue weighted by Crippen LogP contribution is -2.50. The molecule has 3 aromatic rings. The molecular weight excluding hydrogens is 600 g/mol. The second-order valence-electron chi connectivity index (χ2n) is 9.19. The van der Waals surface area contributed by atoms with Crippen molar-refractivity contribution in [2.75, 3.05) is 33.4 Å². The van der Waals surface area contributed by atoms with Crippen LogP contribution < -0.4 is 31.9 Å². The molecule has 244 valence electrons. The number of aliphatic hydroxyl groups is 2. The van der Waals surface area contributed by atoms with Gasteiger partial charge in [-0.15, -0.1) is 0 Å². The van der Waals surface area contributed by atoms with E-state index in [1.54, 1.807) is 48.5 Å². The third-order valence-electron chi connectivity index (χ3n) is 5.88. The summed E-state index contributed by atoms with van der Waals surface area (Å²) in [5.74, 6) is -3.32. The van der Waals surface area contributed by atoms with Crippen molar-refractivity contribution in [2.45, 2.75) is 19.1 Å². The number of rotatable bonds is 15. The zero-order valence-electron chi connectivity index (χ0n) is 25.0. The van der Waals surface area contributed by atoms with Gasteiger partial charge in [0.2, 0.25) is 23.6 Å². The Morgan fingerprint density at radius 1 is 0.609 bits per heavy atom. The van der Waals surface area contributed by atoms with Gasteiger partial charge < -0.3 is 42.1 Å². The molecule has 46 heavy (non-hydrogen) atoms. The Bertz CT molecular complexity index is 1440. The molecule has 16 nitrogen and oxygen atoms in total. The molecule has 0 fully saturated rings. The van der Waals surface area contributed by atoms with Gasteiger partial charge in [-0.1, -0.05) is 36.4 Å². The Kier molecular flexibility index (Phi) is 16.1. The number of hydrogen-bond donors (Lipinski definition) is 8. The molecule has 0 saturated carbocycles. The number of nitrogens with one attached hydrogen (secondary N) is 6. The lowest BCUT2D eigenvalue weighted by Gasteiger charge is -2.16. The van der Waals surface area contributed by atoms with Gasteiger partial charge in [-0.3, -0.25) is 38.7 Å². The van der Waals surface area contributed by atoms with Crippen molar-refractivity contribution < 1.29 is 39.0 Å². The molecule has 3 rings (SSSR count). The summed E-state index contributed by atoms with van der Waals surface area (Å²) in [5.41, 5.74) is 1.79. The summed E-state index contributed by atoms with van der Waals surface area (Å²) in [5, 5.41) is 31.3. The molecule has 0 radical (unpaired) electrons. The molecule has 0 aliphatic rings. The zero-order chi connectivity index (χ0) is 33.7. The second-order valence-corrected chi connectivity index (χ2v) is 9.19. The van der Waals surface area contributed by atoms with Crippen molar-refractivity contribution in [1.29, 1.82) is 0 Å². The molecule has 2 heterocycles. The molecular formula is C30H36N8O8. The number of aliphatic hydroxyl groups excluding tert-OH is 2. The van der Waals surface area contributed by atoms with E-state index in [2.05, 4.69) is 41.9 Å². The molecule has 1 aromatic carbocycles. The molecule has 0 saturated heterocycles. The molecule has 0 unspecified atom stereocenters. The van der Waals surface area contributed by atoms with Crippen LogP contribution in [0.4, 0.5) is 0 Å². The van der Waals surface area contributed by atoms with Crippen LogP contribution in [0.5, 0.6) is 0 Å². The molecule has 1 atom stereocenters. The second kappa shape index (κ2) is 20.3. The van der Waals surface area contributed by atoms with E-state index >= 15 is 0 Å². The quantitative estimate of drug-likeness (QED) is 0.0893. The largest absolute Gasteiger partial charge is 0.400 e. The number of nitrogens with zero attached hydrogens (tertiary/aromatic N) is 2. The van der Waals surface area contributed by atoms with Crippen LogP contribution >= 0.6 is 0 Å². The summed E-state index contributed by atoms with van der Waals surface area (Å²) < 4.78 is 0. The Labute approximate surface area is 264 Å². The number of hydrogen-bond acceptors (Lipinski definition) is 10. The Morgan fingerprint density at radius 3 is 1.54 bits per heavy atom. The standard InChI is InChI=1S/C29H32N8O7.CH4O/c38-18-23(37-29(44)22-6-2-4-12-31-22)28(43)36-16-25(40)33-14-20-9-7-19(8-10-20)13-32-24(39)15-34-26(41)17-35-27(42)21-5-1-3-11-30-21;1-2/h1-12,23,38H,13-18H2,(H,32,39)(H,33,40)(H,34,41)(H,35,42)(H,36,43)(H,37,44);2H,1H3/t23-;/m0./s1. The lowest BCUT2D eigenvalue weighted by atomic mass is 10.1. The molecule has 8 N–H and O–H groups in total. The van der Waals surface area contributed by atoms with Crippen LogP contribution in [0, 0.1) is 0 Å². The first kappa shape index (κ1) is 36.5. The Morgan fingerprint density at radius 2 is 1.07 bits per heavy atom. The van der Waals surface area contributed by atoms with E-state index in [0.717, 1.165) is 18.2 Å². The monoisotopic (exact) mass is 636 g/mol. The fraction of sp³-hybridized carbons (Fsp3) is 0.267. The van der Waals surface area contributed by atoms with E-state index in [-0.39, 0.29) is 44.1 Å². The maximum atomic E-state index is 12.3. The SMILES string of the molecule is CO.O=C(CNC(=O)CNC(=O)c1ccccn1)NCc1ccc(CNC(=O)CNC(=O)[C@H](CO)NC(=O)c2ccccn2)cc1. The highest BCUT2D eigenvalue weighted by atomic mass is 16.3. The number of amides is 6. The normalized spacial score (nSPS) is 10.6. The van der Waals surface area contributed by atoms with E-state index < -0.39 is 48.1 Å². The van der Waals surface area contributed by atoms with Gasteiger partial charge in [0.1, 0.15) is 17.4 Å². The maximum Gasteiger partial charge on any atom is 0.270 e. The highest BCUT2D eigenvalue weighted by molar-refractivity contribution is 5.97. The molecule has 0 spiro atoms. The maximum absolute atomic E-state index is 12.3. The molecule has 0 aliphatic carbocycles. The van der Waals surface area contributed by atoms with Crippen LogP contribution in [0.3, 0.4) is 0 Å². The molecule has 0 aliphatic heterocycles. The fourth-order valence-electron chi connectivity index (χ4n) is 3.50. The third-order valence-corrected chi connectivity index (χ3v) is 5.88. The Hall–Kier alpha value is -5.74. The number of pyridine rings is 2. The van der Waals surface area contributed by atoms with Gasteiger partial charge in [0.25, 0.3) is 11.8 Å². The first-order valence-electron chi connectivity index (χ1n) is 13.9. The number of carbonyl (C=O) groups is 6. The lowest BCUT2D eigenvalue weighted by molar-refractivity contribution is -0.127. The minimum absolute atomic E-state index is 0.0785. The van der Waals surface area contributed by atoms with E-state index in [1.807, 2.05) is 0 Å². The van der Waals surface area contributed by atoms with Crippen molar-refractivity contribution >= 4 is 35.4 Å². The predicted molar refractivity (Wildman–Crippen MR) is 163 cm³/mol. The van der Waals surface area contributed by atoms with Crippen molar-refractivity contribution in [3.05, 3.63) is 95.6 Å². The van der Waals surface area contributed by atoms with E-state index in [1.165, 1.54) is 24.5 Å². The minimum atomic E-state index is -1.26. The van der Waals surface area contributed by atoms with Crippen LogP contribution in [-0.2, 0) is 32.3 Å². The van der Waals surface area contributed by atoms with Gasteiger partial charge in [0.15, 0.2) is 0 Å². The highest BCUT2D eigenvalue weighted by Crippen LogP contribution is 2.04. The summed E-state index contributed by atoms with van der Waals surface area (Å²) in [6, 6.07) is 15.3. The summed E-state index contributed by atoms with van der Waals surface area (Å²) in [4.78, 5) is 80.3. The van der Waals surface area contributed by atoms with Gasteiger partial charge in [-0.05, 0) is 35.4 Å². The zero-order valence-corrected chi connectivity index (χ0v) is 25.0. The first-order valence-corrected chi connectivity index (χ1v) is 13.9. The molecule has 2 aromatic heterocycles. The van der Waals surface area contributed by atoms with Crippen molar-refractivity contribution in [3.63, 3.8) is 0 Å². The fourth-order valence-corrected chi connectivity index (χ4v) is 3.50. The minimum Gasteiger partial charge on any atom is -0.400 e. The number of benzene rings is 1. The molecule has 6 amide bonds. The average molecular weight is 637 g/mol. The van der Waals surface area contributed by atoms with E-state index in [0.29, 0.717) is 0 Å². The van der Waals surface area contributed by atoms with Gasteiger partial charge in [-0.2, -0.15) is 0 Å². The Balaban J connectivity index is 0.00000361. The van der Waals surface area contributed by atoms with Crippen molar-refractivity contribution in [2.24, 2.45) is 0 Å². The summed E-state index contributed by atoms with van der Waals surface area (Å²) in [6.07, 6.45) is 2.88. The summed E-state index contributed by atoms with van der Waals surface area (Å²) in [6.45, 7) is -1.24. The number of aromatic nitrogens is 2. The molecule has 0 bridgehead atoms. The van der Waals surface area contributed by atoms with Crippen LogP contribution in [0.25, 0.3) is 0 Å². The van der Waals surface area contributed by atoms with Gasteiger partial charge in [0.05, 0.1) is 26.2 Å². The summed E-state index contributed by atoms with van der Waals surface area (Å²) in [7, 11) is 1.00. The average Bonchev–Trinajstić information content (AvgIpc) is 3.10. The van der Waals surface area contributed by atoms with Crippen LogP contribution in [-0.4, -0.2) is 95.0 Å². The first-order chi connectivity index (χ1) is 22.2. The highest BCUT2D eigenvalue weighted by Gasteiger charge is 2.21. The third kappa shape index (κ3) is 13.3. The summed E-state index contributed by atoms with van der Waals surface area (Å²) >= 11 is 0. The van der Waals surface area contributed by atoms with Crippen molar-refractivity contribution in [3.8, 4) is 0 Å². The van der Waals surface area contributed by atoms with Crippen LogP contribution in [0.15, 0.2) is 73.1 Å². The van der Waals surface area contributed by atoms with E-state index in [4.69, 9.17) is 5.11 Å². The van der Waals surface area contributed by atoms with Crippen molar-refractivity contribution in [1.82, 2.24) is 41.9 Å². The smallest absolute Gasteiger partial charge is 0.270 e. The van der Waals surface area contributed by atoms with E-state index in [9.17, 15) is 33.9 Å². The predicted octanol–water partition coefficient (Wildman–Crippen LogP) is -2.23.